The van der Waals surface area contributed by atoms with Crippen LogP contribution in [-0.4, -0.2) is 6.04 Å². The van der Waals surface area contributed by atoms with Gasteiger partial charge in [-0.1, -0.05) is 32.0 Å². The van der Waals surface area contributed by atoms with Gasteiger partial charge in [-0.05, 0) is 41.3 Å². The van der Waals surface area contributed by atoms with Crippen LogP contribution in [0.5, 0.6) is 0 Å². The zero-order chi connectivity index (χ0) is 14.7. The fraction of sp³-hybridized carbons (Fsp3) is 0.294. The van der Waals surface area contributed by atoms with Crippen LogP contribution in [0.2, 0.25) is 0 Å². The Morgan fingerprint density at radius 1 is 1.00 bits per heavy atom. The van der Waals surface area contributed by atoms with Crippen molar-refractivity contribution in [3.05, 3.63) is 59.2 Å². The molecule has 0 heterocycles. The van der Waals surface area contributed by atoms with Gasteiger partial charge in [-0.25, -0.2) is 8.78 Å². The summed E-state index contributed by atoms with van der Waals surface area (Å²) in [5.41, 5.74) is 3.61. The molecule has 1 nitrogen and oxygen atoms in total. The minimum Gasteiger partial charge on any atom is -0.310 e. The van der Waals surface area contributed by atoms with E-state index in [9.17, 15) is 8.78 Å². The predicted molar refractivity (Wildman–Crippen MR) is 78.5 cm³/mol. The van der Waals surface area contributed by atoms with Gasteiger partial charge in [-0.2, -0.15) is 0 Å². The molecule has 20 heavy (non-hydrogen) atoms. The summed E-state index contributed by atoms with van der Waals surface area (Å²) < 4.78 is 26.6. The molecular formula is C17H19F2N. The van der Waals surface area contributed by atoms with Crippen LogP contribution in [0.4, 0.5) is 8.78 Å². The van der Waals surface area contributed by atoms with Crippen LogP contribution in [0.3, 0.4) is 0 Å². The standard InChI is InChI=1S/C17H19F2N/c1-11(2)20-10-13-4-5-17(12(3)6-13)14-7-15(18)9-16(19)8-14/h4-9,11,20H,10H2,1-3H3. The molecule has 0 aliphatic rings. The maximum absolute atomic E-state index is 13.3. The highest BCUT2D eigenvalue weighted by Crippen LogP contribution is 2.26. The van der Waals surface area contributed by atoms with E-state index in [4.69, 9.17) is 0 Å². The van der Waals surface area contributed by atoms with Crippen molar-refractivity contribution in [2.24, 2.45) is 0 Å². The minimum atomic E-state index is -0.551. The van der Waals surface area contributed by atoms with Gasteiger partial charge in [0, 0.05) is 18.7 Å². The van der Waals surface area contributed by atoms with E-state index in [1.54, 1.807) is 0 Å². The smallest absolute Gasteiger partial charge is 0.126 e. The summed E-state index contributed by atoms with van der Waals surface area (Å²) in [5.74, 6) is -1.10. The average Bonchev–Trinajstić information content (AvgIpc) is 2.35. The first-order valence-electron chi connectivity index (χ1n) is 6.75. The molecule has 0 aromatic heterocycles. The molecule has 0 radical (unpaired) electrons. The Bertz CT molecular complexity index is 586. The Balaban J connectivity index is 2.29. The highest BCUT2D eigenvalue weighted by Gasteiger charge is 2.07. The van der Waals surface area contributed by atoms with Crippen molar-refractivity contribution in [3.8, 4) is 11.1 Å². The third-order valence-corrected chi connectivity index (χ3v) is 3.18. The number of hydrogen-bond acceptors (Lipinski definition) is 1. The molecule has 0 unspecified atom stereocenters. The molecule has 0 saturated heterocycles. The van der Waals surface area contributed by atoms with Gasteiger partial charge in [0.25, 0.3) is 0 Å². The summed E-state index contributed by atoms with van der Waals surface area (Å²) >= 11 is 0. The predicted octanol–water partition coefficient (Wildman–Crippen LogP) is 4.44. The molecule has 0 amide bonds. The molecule has 0 aliphatic heterocycles. The second kappa shape index (κ2) is 6.14. The molecule has 0 bridgehead atoms. The topological polar surface area (TPSA) is 12.0 Å². The molecule has 0 spiro atoms. The van der Waals surface area contributed by atoms with Crippen LogP contribution in [0.25, 0.3) is 11.1 Å². The van der Waals surface area contributed by atoms with Crippen molar-refractivity contribution in [3.63, 3.8) is 0 Å². The third-order valence-electron chi connectivity index (χ3n) is 3.18. The Labute approximate surface area is 118 Å². The summed E-state index contributed by atoms with van der Waals surface area (Å²) in [6.45, 7) is 6.93. The molecule has 1 N–H and O–H groups in total. The highest BCUT2D eigenvalue weighted by molar-refractivity contribution is 5.67. The van der Waals surface area contributed by atoms with Gasteiger partial charge in [-0.15, -0.1) is 0 Å². The fourth-order valence-corrected chi connectivity index (χ4v) is 2.19. The van der Waals surface area contributed by atoms with E-state index >= 15 is 0 Å². The summed E-state index contributed by atoms with van der Waals surface area (Å²) in [6.07, 6.45) is 0. The van der Waals surface area contributed by atoms with E-state index in [2.05, 4.69) is 19.2 Å². The lowest BCUT2D eigenvalue weighted by Gasteiger charge is -2.11. The fourth-order valence-electron chi connectivity index (χ4n) is 2.19. The van der Waals surface area contributed by atoms with Crippen molar-refractivity contribution >= 4 is 0 Å². The van der Waals surface area contributed by atoms with Crippen LogP contribution in [0.1, 0.15) is 25.0 Å². The summed E-state index contributed by atoms with van der Waals surface area (Å²) in [4.78, 5) is 0. The largest absolute Gasteiger partial charge is 0.310 e. The van der Waals surface area contributed by atoms with Crippen LogP contribution in [0, 0.1) is 18.6 Å². The molecule has 0 fully saturated rings. The van der Waals surface area contributed by atoms with Gasteiger partial charge in [0.2, 0.25) is 0 Å². The Kier molecular flexibility index (Phi) is 4.50. The number of nitrogens with one attached hydrogen (secondary N) is 1. The van der Waals surface area contributed by atoms with Gasteiger partial charge in [-0.3, -0.25) is 0 Å². The van der Waals surface area contributed by atoms with Crippen LogP contribution in [-0.2, 0) is 6.54 Å². The first-order chi connectivity index (χ1) is 9.45. The quantitative estimate of drug-likeness (QED) is 0.870. The first kappa shape index (κ1) is 14.7. The van der Waals surface area contributed by atoms with Gasteiger partial charge in [0.15, 0.2) is 0 Å². The van der Waals surface area contributed by atoms with Crippen LogP contribution in [0.15, 0.2) is 36.4 Å². The van der Waals surface area contributed by atoms with Gasteiger partial charge in [0.05, 0.1) is 0 Å². The second-order valence-electron chi connectivity index (χ2n) is 5.34. The molecule has 3 heteroatoms. The molecular weight excluding hydrogens is 256 g/mol. The van der Waals surface area contributed by atoms with Gasteiger partial charge in [0.1, 0.15) is 11.6 Å². The molecule has 106 valence electrons. The molecule has 2 aromatic rings. The zero-order valence-electron chi connectivity index (χ0n) is 12.0. The summed E-state index contributed by atoms with van der Waals surface area (Å²) in [7, 11) is 0. The Hall–Kier alpha value is -1.74. The molecule has 0 saturated carbocycles. The van der Waals surface area contributed by atoms with E-state index in [1.807, 2.05) is 25.1 Å². The van der Waals surface area contributed by atoms with Crippen LogP contribution >= 0.6 is 0 Å². The Morgan fingerprint density at radius 2 is 1.65 bits per heavy atom. The number of halogens is 2. The molecule has 2 aromatic carbocycles. The van der Waals surface area contributed by atoms with E-state index in [-0.39, 0.29) is 0 Å². The van der Waals surface area contributed by atoms with E-state index in [1.165, 1.54) is 12.1 Å². The third kappa shape index (κ3) is 3.64. The maximum atomic E-state index is 13.3. The van der Waals surface area contributed by atoms with Crippen molar-refractivity contribution < 1.29 is 8.78 Å². The van der Waals surface area contributed by atoms with E-state index in [0.717, 1.165) is 29.3 Å². The molecule has 0 aliphatic carbocycles. The zero-order valence-corrected chi connectivity index (χ0v) is 12.0. The lowest BCUT2D eigenvalue weighted by molar-refractivity contribution is 0.584. The number of rotatable bonds is 4. The first-order valence-corrected chi connectivity index (χ1v) is 6.75. The van der Waals surface area contributed by atoms with E-state index < -0.39 is 11.6 Å². The summed E-state index contributed by atoms with van der Waals surface area (Å²) in [6, 6.07) is 9.98. The lowest BCUT2D eigenvalue weighted by atomic mass is 9.98. The monoisotopic (exact) mass is 275 g/mol. The number of aryl methyl sites for hydroxylation is 1. The Morgan fingerprint density at radius 3 is 2.20 bits per heavy atom. The SMILES string of the molecule is Cc1cc(CNC(C)C)ccc1-c1cc(F)cc(F)c1. The normalized spacial score (nSPS) is 11.1. The summed E-state index contributed by atoms with van der Waals surface area (Å²) in [5, 5.41) is 3.35. The van der Waals surface area contributed by atoms with Crippen molar-refractivity contribution in [1.29, 1.82) is 0 Å². The van der Waals surface area contributed by atoms with Crippen molar-refractivity contribution in [2.75, 3.05) is 0 Å². The maximum Gasteiger partial charge on any atom is 0.126 e. The number of hydrogen-bond donors (Lipinski definition) is 1. The average molecular weight is 275 g/mol. The molecule has 2 rings (SSSR count). The van der Waals surface area contributed by atoms with Crippen molar-refractivity contribution in [2.45, 2.75) is 33.4 Å². The van der Waals surface area contributed by atoms with Crippen LogP contribution < -0.4 is 5.32 Å². The van der Waals surface area contributed by atoms with Gasteiger partial charge >= 0.3 is 0 Å². The lowest BCUT2D eigenvalue weighted by Crippen LogP contribution is -2.21. The highest BCUT2D eigenvalue weighted by atomic mass is 19.1. The number of benzene rings is 2. The van der Waals surface area contributed by atoms with Gasteiger partial charge < -0.3 is 5.32 Å². The van der Waals surface area contributed by atoms with Crippen molar-refractivity contribution in [1.82, 2.24) is 5.32 Å². The van der Waals surface area contributed by atoms with E-state index in [0.29, 0.717) is 11.6 Å². The second-order valence-corrected chi connectivity index (χ2v) is 5.34. The minimum absolute atomic E-state index is 0.423. The molecule has 0 atom stereocenters.